The summed E-state index contributed by atoms with van der Waals surface area (Å²) >= 11 is 0. The van der Waals surface area contributed by atoms with Crippen LogP contribution in [0.3, 0.4) is 0 Å². The molecule has 0 amide bonds. The van der Waals surface area contributed by atoms with Gasteiger partial charge in [0.25, 0.3) is 0 Å². The molecular formula is C13H17FN4. The van der Waals surface area contributed by atoms with Crippen LogP contribution in [0.25, 0.3) is 11.0 Å². The molecule has 2 aromatic rings. The van der Waals surface area contributed by atoms with Crippen LogP contribution in [0.2, 0.25) is 0 Å². The highest BCUT2D eigenvalue weighted by atomic mass is 19.1. The number of rotatable bonds is 6. The number of hydrogen-bond acceptors (Lipinski definition) is 3. The second-order valence-corrected chi connectivity index (χ2v) is 4.76. The summed E-state index contributed by atoms with van der Waals surface area (Å²) in [6, 6.07) is 5.33. The molecule has 5 heteroatoms. The van der Waals surface area contributed by atoms with Gasteiger partial charge in [0, 0.05) is 12.6 Å². The van der Waals surface area contributed by atoms with Gasteiger partial charge < -0.3 is 15.6 Å². The van der Waals surface area contributed by atoms with E-state index in [1.807, 2.05) is 0 Å². The highest BCUT2D eigenvalue weighted by Crippen LogP contribution is 2.18. The van der Waals surface area contributed by atoms with Gasteiger partial charge in [-0.25, -0.2) is 9.37 Å². The molecule has 18 heavy (non-hydrogen) atoms. The highest BCUT2D eigenvalue weighted by molar-refractivity contribution is 5.77. The monoisotopic (exact) mass is 248 g/mol. The van der Waals surface area contributed by atoms with Gasteiger partial charge in [0.05, 0.1) is 11.0 Å². The standard InChI is InChI=1S/C13H17FN4/c14-9-2-5-11-12(8-9)18-13(17-11)16-7-1-6-15-10-3-4-10/h2,5,8,10,15H,1,3-4,6-7H2,(H2,16,17,18). The molecule has 1 fully saturated rings. The predicted octanol–water partition coefficient (Wildman–Crippen LogP) is 2.26. The summed E-state index contributed by atoms with van der Waals surface area (Å²) in [5, 5.41) is 6.68. The third-order valence-corrected chi connectivity index (χ3v) is 3.10. The molecule has 0 bridgehead atoms. The normalized spacial score (nSPS) is 15.2. The molecule has 0 aliphatic heterocycles. The first-order chi connectivity index (χ1) is 8.81. The summed E-state index contributed by atoms with van der Waals surface area (Å²) in [7, 11) is 0. The zero-order valence-electron chi connectivity index (χ0n) is 10.2. The molecule has 0 saturated heterocycles. The number of nitrogens with zero attached hydrogens (tertiary/aromatic N) is 1. The number of fused-ring (bicyclic) bond motifs is 1. The number of aromatic nitrogens is 2. The van der Waals surface area contributed by atoms with Crippen molar-refractivity contribution in [1.29, 1.82) is 0 Å². The summed E-state index contributed by atoms with van der Waals surface area (Å²) in [5.41, 5.74) is 1.52. The van der Waals surface area contributed by atoms with Gasteiger partial charge in [0.15, 0.2) is 0 Å². The van der Waals surface area contributed by atoms with Gasteiger partial charge in [0.1, 0.15) is 5.82 Å². The van der Waals surface area contributed by atoms with Crippen molar-refractivity contribution in [3.8, 4) is 0 Å². The molecule has 3 rings (SSSR count). The highest BCUT2D eigenvalue weighted by Gasteiger charge is 2.19. The van der Waals surface area contributed by atoms with E-state index in [9.17, 15) is 4.39 Å². The van der Waals surface area contributed by atoms with E-state index in [1.165, 1.54) is 25.0 Å². The summed E-state index contributed by atoms with van der Waals surface area (Å²) in [4.78, 5) is 7.41. The van der Waals surface area contributed by atoms with Crippen molar-refractivity contribution in [2.24, 2.45) is 0 Å². The van der Waals surface area contributed by atoms with Crippen LogP contribution in [0.1, 0.15) is 19.3 Å². The van der Waals surface area contributed by atoms with E-state index in [-0.39, 0.29) is 5.82 Å². The number of hydrogen-bond donors (Lipinski definition) is 3. The van der Waals surface area contributed by atoms with Gasteiger partial charge in [-0.1, -0.05) is 0 Å². The third-order valence-electron chi connectivity index (χ3n) is 3.10. The number of benzene rings is 1. The zero-order valence-corrected chi connectivity index (χ0v) is 10.2. The van der Waals surface area contributed by atoms with E-state index in [4.69, 9.17) is 0 Å². The maximum Gasteiger partial charge on any atom is 0.201 e. The van der Waals surface area contributed by atoms with Crippen LogP contribution >= 0.6 is 0 Å². The fraction of sp³-hybridized carbons (Fsp3) is 0.462. The van der Waals surface area contributed by atoms with Crippen molar-refractivity contribution in [2.45, 2.75) is 25.3 Å². The Balaban J connectivity index is 1.50. The Kier molecular flexibility index (Phi) is 3.15. The van der Waals surface area contributed by atoms with Crippen molar-refractivity contribution in [2.75, 3.05) is 18.4 Å². The number of anilines is 1. The lowest BCUT2D eigenvalue weighted by Crippen LogP contribution is -2.20. The molecule has 0 spiro atoms. The molecule has 1 aliphatic carbocycles. The fourth-order valence-electron chi connectivity index (χ4n) is 1.95. The third kappa shape index (κ3) is 2.79. The lowest BCUT2D eigenvalue weighted by atomic mass is 10.3. The van der Waals surface area contributed by atoms with Gasteiger partial charge in [-0.05, 0) is 44.0 Å². The van der Waals surface area contributed by atoms with Crippen molar-refractivity contribution in [3.63, 3.8) is 0 Å². The summed E-state index contributed by atoms with van der Waals surface area (Å²) < 4.78 is 13.0. The number of nitrogens with one attached hydrogen (secondary N) is 3. The number of aromatic amines is 1. The Morgan fingerprint density at radius 2 is 2.22 bits per heavy atom. The van der Waals surface area contributed by atoms with Crippen molar-refractivity contribution < 1.29 is 4.39 Å². The first kappa shape index (κ1) is 11.5. The molecule has 1 aromatic heterocycles. The lowest BCUT2D eigenvalue weighted by Gasteiger charge is -2.03. The van der Waals surface area contributed by atoms with Crippen LogP contribution in [0.15, 0.2) is 18.2 Å². The maximum atomic E-state index is 13.0. The number of H-pyrrole nitrogens is 1. The Labute approximate surface area is 105 Å². The minimum Gasteiger partial charge on any atom is -0.356 e. The molecule has 0 atom stereocenters. The van der Waals surface area contributed by atoms with Crippen molar-refractivity contribution in [1.82, 2.24) is 15.3 Å². The van der Waals surface area contributed by atoms with E-state index in [0.717, 1.165) is 36.6 Å². The minimum atomic E-state index is -0.244. The molecule has 1 aliphatic rings. The average Bonchev–Trinajstić information content (AvgIpc) is 3.08. The first-order valence-corrected chi connectivity index (χ1v) is 6.44. The van der Waals surface area contributed by atoms with Crippen molar-refractivity contribution in [3.05, 3.63) is 24.0 Å². The topological polar surface area (TPSA) is 52.7 Å². The van der Waals surface area contributed by atoms with Crippen LogP contribution in [0.5, 0.6) is 0 Å². The molecular weight excluding hydrogens is 231 g/mol. The van der Waals surface area contributed by atoms with E-state index in [2.05, 4.69) is 20.6 Å². The maximum absolute atomic E-state index is 13.0. The Bertz CT molecular complexity index is 533. The minimum absolute atomic E-state index is 0.244. The Hall–Kier alpha value is -1.62. The molecule has 3 N–H and O–H groups in total. The Morgan fingerprint density at radius 3 is 3.06 bits per heavy atom. The molecule has 96 valence electrons. The van der Waals surface area contributed by atoms with E-state index >= 15 is 0 Å². The van der Waals surface area contributed by atoms with Gasteiger partial charge in [-0.2, -0.15) is 0 Å². The number of halogens is 1. The second-order valence-electron chi connectivity index (χ2n) is 4.76. The average molecular weight is 248 g/mol. The summed E-state index contributed by atoms with van der Waals surface area (Å²) in [6.45, 7) is 1.90. The molecule has 1 saturated carbocycles. The van der Waals surface area contributed by atoms with Gasteiger partial charge >= 0.3 is 0 Å². The van der Waals surface area contributed by atoms with Crippen molar-refractivity contribution >= 4 is 17.0 Å². The zero-order chi connectivity index (χ0) is 12.4. The lowest BCUT2D eigenvalue weighted by molar-refractivity contribution is 0.629. The number of imidazole rings is 1. The quantitative estimate of drug-likeness (QED) is 0.687. The summed E-state index contributed by atoms with van der Waals surface area (Å²) in [5.74, 6) is 0.466. The predicted molar refractivity (Wildman–Crippen MR) is 70.2 cm³/mol. The molecule has 0 radical (unpaired) electrons. The second kappa shape index (κ2) is 4.94. The SMILES string of the molecule is Fc1ccc2nc(NCCCNC3CC3)[nH]c2c1. The van der Waals surface area contributed by atoms with Crippen LogP contribution in [-0.2, 0) is 0 Å². The first-order valence-electron chi connectivity index (χ1n) is 6.44. The van der Waals surface area contributed by atoms with Crippen LogP contribution < -0.4 is 10.6 Å². The van der Waals surface area contributed by atoms with Gasteiger partial charge in [-0.15, -0.1) is 0 Å². The van der Waals surface area contributed by atoms with E-state index in [0.29, 0.717) is 5.95 Å². The van der Waals surface area contributed by atoms with E-state index < -0.39 is 0 Å². The Morgan fingerprint density at radius 1 is 1.33 bits per heavy atom. The van der Waals surface area contributed by atoms with E-state index in [1.54, 1.807) is 6.07 Å². The molecule has 4 nitrogen and oxygen atoms in total. The smallest absolute Gasteiger partial charge is 0.201 e. The van der Waals surface area contributed by atoms with Crippen LogP contribution in [0, 0.1) is 5.82 Å². The van der Waals surface area contributed by atoms with Crippen LogP contribution in [-0.4, -0.2) is 29.1 Å². The van der Waals surface area contributed by atoms with Gasteiger partial charge in [-0.3, -0.25) is 0 Å². The molecule has 1 aromatic carbocycles. The fourth-order valence-corrected chi connectivity index (χ4v) is 1.95. The largest absolute Gasteiger partial charge is 0.356 e. The summed E-state index contributed by atoms with van der Waals surface area (Å²) in [6.07, 6.45) is 3.70. The van der Waals surface area contributed by atoms with Crippen LogP contribution in [0.4, 0.5) is 10.3 Å². The molecule has 0 unspecified atom stereocenters. The van der Waals surface area contributed by atoms with Gasteiger partial charge in [0.2, 0.25) is 5.95 Å². The molecule has 1 heterocycles.